The Morgan fingerprint density at radius 2 is 1.75 bits per heavy atom. The van der Waals surface area contributed by atoms with Crippen LogP contribution in [-0.2, 0) is 6.18 Å². The molecule has 0 bridgehead atoms. The zero-order valence-corrected chi connectivity index (χ0v) is 12.4. The number of alkyl halides is 3. The predicted octanol–water partition coefficient (Wildman–Crippen LogP) is 3.97. The normalized spacial score (nSPS) is 11.4. The van der Waals surface area contributed by atoms with E-state index in [1.54, 1.807) is 0 Å². The third-order valence-corrected chi connectivity index (χ3v) is 3.15. The topological polar surface area (TPSA) is 29.3 Å². The van der Waals surface area contributed by atoms with Crippen molar-refractivity contribution in [2.24, 2.45) is 5.73 Å². The monoisotopic (exact) mass is 304 g/mol. The van der Waals surface area contributed by atoms with Gasteiger partial charge in [-0.2, -0.15) is 13.2 Å². The Balaban J connectivity index is 3.24. The number of hydrogen-bond acceptors (Lipinski definition) is 2. The molecule has 112 valence electrons. The molecule has 0 aromatic heterocycles. The van der Waals surface area contributed by atoms with Gasteiger partial charge in [0, 0.05) is 24.3 Å². The quantitative estimate of drug-likeness (QED) is 0.806. The summed E-state index contributed by atoms with van der Waals surface area (Å²) in [6, 6.07) is 3.98. The van der Waals surface area contributed by atoms with Crippen molar-refractivity contribution in [2.75, 3.05) is 18.0 Å². The van der Waals surface area contributed by atoms with E-state index in [-0.39, 0.29) is 10.6 Å². The van der Waals surface area contributed by atoms with E-state index in [0.717, 1.165) is 37.7 Å². The van der Waals surface area contributed by atoms with Crippen molar-refractivity contribution in [3.05, 3.63) is 29.3 Å². The van der Waals surface area contributed by atoms with E-state index < -0.39 is 11.7 Å². The third kappa shape index (κ3) is 4.10. The molecule has 0 aliphatic heterocycles. The fraction of sp³-hybridized carbons (Fsp3) is 0.500. The second kappa shape index (κ2) is 6.92. The van der Waals surface area contributed by atoms with Crippen molar-refractivity contribution in [2.45, 2.75) is 32.9 Å². The second-order valence-corrected chi connectivity index (χ2v) is 5.02. The zero-order chi connectivity index (χ0) is 15.3. The van der Waals surface area contributed by atoms with Crippen LogP contribution in [0.15, 0.2) is 18.2 Å². The number of benzene rings is 1. The lowest BCUT2D eigenvalue weighted by atomic mass is 10.1. The molecule has 0 atom stereocenters. The maximum atomic E-state index is 12.9. The highest BCUT2D eigenvalue weighted by molar-refractivity contribution is 7.80. The van der Waals surface area contributed by atoms with Crippen molar-refractivity contribution in [3.63, 3.8) is 0 Å². The Labute approximate surface area is 122 Å². The van der Waals surface area contributed by atoms with Crippen molar-refractivity contribution in [1.82, 2.24) is 0 Å². The summed E-state index contributed by atoms with van der Waals surface area (Å²) < 4.78 is 38.7. The summed E-state index contributed by atoms with van der Waals surface area (Å²) in [7, 11) is 0. The highest BCUT2D eigenvalue weighted by Gasteiger charge is 2.34. The largest absolute Gasteiger partial charge is 0.417 e. The molecule has 0 saturated heterocycles. The molecule has 0 amide bonds. The standard InChI is InChI=1S/C14H19F3N2S/c1-3-7-19(8-4-2)10-5-6-12(14(15,16)17)11(9-10)13(18)20/h5-6,9H,3-4,7-8H2,1-2H3,(H2,18,20). The molecule has 1 rings (SSSR count). The molecule has 0 radical (unpaired) electrons. The molecule has 20 heavy (non-hydrogen) atoms. The van der Waals surface area contributed by atoms with Crippen LogP contribution in [-0.4, -0.2) is 18.1 Å². The number of rotatable bonds is 6. The number of nitrogens with zero attached hydrogens (tertiary/aromatic N) is 1. The Bertz CT molecular complexity index is 466. The van der Waals surface area contributed by atoms with Crippen LogP contribution in [0.3, 0.4) is 0 Å². The number of hydrogen-bond donors (Lipinski definition) is 1. The Morgan fingerprint density at radius 1 is 1.20 bits per heavy atom. The fourth-order valence-electron chi connectivity index (χ4n) is 2.09. The molecule has 1 aromatic carbocycles. The van der Waals surface area contributed by atoms with Crippen LogP contribution in [0.25, 0.3) is 0 Å². The van der Waals surface area contributed by atoms with Crippen molar-refractivity contribution in [1.29, 1.82) is 0 Å². The van der Waals surface area contributed by atoms with E-state index >= 15 is 0 Å². The predicted molar refractivity (Wildman–Crippen MR) is 80.1 cm³/mol. The highest BCUT2D eigenvalue weighted by atomic mass is 32.1. The lowest BCUT2D eigenvalue weighted by Crippen LogP contribution is -2.26. The number of thiocarbonyl (C=S) groups is 1. The minimum Gasteiger partial charge on any atom is -0.389 e. The first-order chi connectivity index (χ1) is 9.31. The Kier molecular flexibility index (Phi) is 5.80. The SMILES string of the molecule is CCCN(CCC)c1ccc(C(F)(F)F)c(C(N)=S)c1. The molecule has 2 nitrogen and oxygen atoms in total. The van der Waals surface area contributed by atoms with E-state index in [2.05, 4.69) is 0 Å². The molecule has 2 N–H and O–H groups in total. The van der Waals surface area contributed by atoms with Crippen LogP contribution in [0, 0.1) is 0 Å². The van der Waals surface area contributed by atoms with Crippen LogP contribution in [0.1, 0.15) is 37.8 Å². The molecule has 0 saturated carbocycles. The maximum absolute atomic E-state index is 12.9. The van der Waals surface area contributed by atoms with Gasteiger partial charge in [0.25, 0.3) is 0 Å². The van der Waals surface area contributed by atoms with Gasteiger partial charge in [0.15, 0.2) is 0 Å². The molecule has 0 spiro atoms. The smallest absolute Gasteiger partial charge is 0.389 e. The van der Waals surface area contributed by atoms with Gasteiger partial charge in [-0.1, -0.05) is 26.1 Å². The minimum atomic E-state index is -4.45. The molecule has 0 heterocycles. The number of anilines is 1. The average Bonchev–Trinajstić information content (AvgIpc) is 2.36. The van der Waals surface area contributed by atoms with Crippen LogP contribution < -0.4 is 10.6 Å². The van der Waals surface area contributed by atoms with E-state index in [1.165, 1.54) is 12.1 Å². The summed E-state index contributed by atoms with van der Waals surface area (Å²) >= 11 is 4.75. The van der Waals surface area contributed by atoms with Crippen molar-refractivity contribution in [3.8, 4) is 0 Å². The first kappa shape index (κ1) is 16.8. The van der Waals surface area contributed by atoms with Gasteiger partial charge in [0.05, 0.1) is 5.56 Å². The first-order valence-corrected chi connectivity index (χ1v) is 6.98. The summed E-state index contributed by atoms with van der Waals surface area (Å²) in [6.07, 6.45) is -2.61. The van der Waals surface area contributed by atoms with E-state index in [4.69, 9.17) is 18.0 Å². The van der Waals surface area contributed by atoms with Crippen LogP contribution in [0.2, 0.25) is 0 Å². The van der Waals surface area contributed by atoms with E-state index in [0.29, 0.717) is 0 Å². The zero-order valence-electron chi connectivity index (χ0n) is 11.6. The molecular formula is C14H19F3N2S. The summed E-state index contributed by atoms with van der Waals surface area (Å²) in [5.41, 5.74) is 5.28. The third-order valence-electron chi connectivity index (χ3n) is 2.93. The summed E-state index contributed by atoms with van der Waals surface area (Å²) in [4.78, 5) is 1.81. The van der Waals surface area contributed by atoms with Gasteiger partial charge in [-0.3, -0.25) is 0 Å². The molecule has 1 aromatic rings. The van der Waals surface area contributed by atoms with Gasteiger partial charge in [0.1, 0.15) is 4.99 Å². The number of nitrogens with two attached hydrogens (primary N) is 1. The summed E-state index contributed by atoms with van der Waals surface area (Å²) in [6.45, 7) is 5.63. The molecular weight excluding hydrogens is 285 g/mol. The van der Waals surface area contributed by atoms with E-state index in [9.17, 15) is 13.2 Å². The van der Waals surface area contributed by atoms with E-state index in [1.807, 2.05) is 18.7 Å². The molecule has 0 aliphatic carbocycles. The summed E-state index contributed by atoms with van der Waals surface area (Å²) in [5.74, 6) is 0. The summed E-state index contributed by atoms with van der Waals surface area (Å²) in [5, 5.41) is 0. The molecule has 0 fully saturated rings. The van der Waals surface area contributed by atoms with Gasteiger partial charge in [-0.25, -0.2) is 0 Å². The second-order valence-electron chi connectivity index (χ2n) is 4.58. The fourth-order valence-corrected chi connectivity index (χ4v) is 2.26. The van der Waals surface area contributed by atoms with Crippen LogP contribution in [0.5, 0.6) is 0 Å². The van der Waals surface area contributed by atoms with Crippen molar-refractivity contribution >= 4 is 22.9 Å². The van der Waals surface area contributed by atoms with Gasteiger partial charge in [-0.05, 0) is 31.0 Å². The lowest BCUT2D eigenvalue weighted by molar-refractivity contribution is -0.137. The molecule has 0 unspecified atom stereocenters. The van der Waals surface area contributed by atoms with Gasteiger partial charge >= 0.3 is 6.18 Å². The maximum Gasteiger partial charge on any atom is 0.417 e. The average molecular weight is 304 g/mol. The highest BCUT2D eigenvalue weighted by Crippen LogP contribution is 2.34. The lowest BCUT2D eigenvalue weighted by Gasteiger charge is -2.25. The number of halogens is 3. The molecule has 0 aliphatic rings. The van der Waals surface area contributed by atoms with Gasteiger partial charge in [-0.15, -0.1) is 0 Å². The van der Waals surface area contributed by atoms with Crippen molar-refractivity contribution < 1.29 is 13.2 Å². The Hall–Kier alpha value is -1.30. The Morgan fingerprint density at radius 3 is 2.15 bits per heavy atom. The minimum absolute atomic E-state index is 0.109. The first-order valence-electron chi connectivity index (χ1n) is 6.57. The van der Waals surface area contributed by atoms with Gasteiger partial charge < -0.3 is 10.6 Å². The van der Waals surface area contributed by atoms with Gasteiger partial charge in [0.2, 0.25) is 0 Å². The van der Waals surface area contributed by atoms with Crippen LogP contribution in [0.4, 0.5) is 18.9 Å². The van der Waals surface area contributed by atoms with Crippen LogP contribution >= 0.6 is 12.2 Å². The molecule has 6 heteroatoms.